The first kappa shape index (κ1) is 14.3. The van der Waals surface area contributed by atoms with Gasteiger partial charge in [0.2, 0.25) is 0 Å². The molecule has 3 rings (SSSR count). The summed E-state index contributed by atoms with van der Waals surface area (Å²) in [5.41, 5.74) is 2.74. The second-order valence-electron chi connectivity index (χ2n) is 5.18. The van der Waals surface area contributed by atoms with Gasteiger partial charge in [-0.25, -0.2) is 4.98 Å². The molecule has 0 unspecified atom stereocenters. The summed E-state index contributed by atoms with van der Waals surface area (Å²) in [6.45, 7) is 0.622. The van der Waals surface area contributed by atoms with Crippen LogP contribution in [0.3, 0.4) is 0 Å². The van der Waals surface area contributed by atoms with Gasteiger partial charge in [0.1, 0.15) is 5.82 Å². The van der Waals surface area contributed by atoms with Crippen LogP contribution in [0.15, 0.2) is 48.8 Å². The number of fused-ring (bicyclic) bond motifs is 1. The molecule has 0 radical (unpaired) electrons. The second kappa shape index (κ2) is 6.39. The number of benzene rings is 1. The Morgan fingerprint density at radius 3 is 2.86 bits per heavy atom. The van der Waals surface area contributed by atoms with Crippen molar-refractivity contribution in [2.24, 2.45) is 7.05 Å². The second-order valence-corrected chi connectivity index (χ2v) is 5.18. The Morgan fingerprint density at radius 1 is 1.23 bits per heavy atom. The zero-order valence-corrected chi connectivity index (χ0v) is 12.5. The summed E-state index contributed by atoms with van der Waals surface area (Å²) in [4.78, 5) is 20.5. The van der Waals surface area contributed by atoms with Gasteiger partial charge in [-0.05, 0) is 30.7 Å². The number of hydrogen-bond donors (Lipinski definition) is 1. The molecule has 0 bridgehead atoms. The van der Waals surface area contributed by atoms with Gasteiger partial charge in [0.25, 0.3) is 5.91 Å². The number of nitrogens with one attached hydrogen (secondary N) is 1. The fourth-order valence-electron chi connectivity index (χ4n) is 2.47. The van der Waals surface area contributed by atoms with Crippen molar-refractivity contribution in [1.29, 1.82) is 0 Å². The molecule has 0 saturated carbocycles. The van der Waals surface area contributed by atoms with Gasteiger partial charge in [-0.1, -0.05) is 12.1 Å². The van der Waals surface area contributed by atoms with E-state index in [1.807, 2.05) is 25.2 Å². The van der Waals surface area contributed by atoms with Gasteiger partial charge in [-0.3, -0.25) is 9.78 Å². The molecule has 0 aliphatic heterocycles. The number of rotatable bonds is 5. The Hall–Kier alpha value is -2.69. The van der Waals surface area contributed by atoms with Crippen molar-refractivity contribution >= 4 is 16.9 Å². The van der Waals surface area contributed by atoms with Crippen LogP contribution in [0.4, 0.5) is 0 Å². The third-order valence-corrected chi connectivity index (χ3v) is 3.67. The van der Waals surface area contributed by atoms with Crippen LogP contribution < -0.4 is 5.32 Å². The Kier molecular flexibility index (Phi) is 4.14. The van der Waals surface area contributed by atoms with Crippen molar-refractivity contribution in [2.45, 2.75) is 12.8 Å². The Bertz CT molecular complexity index is 780. The molecule has 2 heterocycles. The maximum absolute atomic E-state index is 11.9. The number of imidazole rings is 1. The summed E-state index contributed by atoms with van der Waals surface area (Å²) in [7, 11) is 2.03. The van der Waals surface area contributed by atoms with Gasteiger partial charge in [0, 0.05) is 32.4 Å². The summed E-state index contributed by atoms with van der Waals surface area (Å²) in [6.07, 6.45) is 4.91. The highest BCUT2D eigenvalue weighted by molar-refractivity contribution is 5.93. The maximum atomic E-state index is 11.9. The SMILES string of the molecule is Cn1c(CCCNC(=O)c2cccnc2)nc2ccccc21. The number of nitrogens with zero attached hydrogens (tertiary/aromatic N) is 3. The van der Waals surface area contributed by atoms with Crippen molar-refractivity contribution in [2.75, 3.05) is 6.54 Å². The van der Waals surface area contributed by atoms with E-state index in [9.17, 15) is 4.79 Å². The molecule has 0 fully saturated rings. The first-order valence-corrected chi connectivity index (χ1v) is 7.34. The van der Waals surface area contributed by atoms with Crippen LogP contribution in [-0.2, 0) is 13.5 Å². The van der Waals surface area contributed by atoms with E-state index >= 15 is 0 Å². The monoisotopic (exact) mass is 294 g/mol. The van der Waals surface area contributed by atoms with E-state index < -0.39 is 0 Å². The molecule has 0 aliphatic carbocycles. The highest BCUT2D eigenvalue weighted by Crippen LogP contribution is 2.15. The van der Waals surface area contributed by atoms with Crippen molar-refractivity contribution < 1.29 is 4.79 Å². The summed E-state index contributed by atoms with van der Waals surface area (Å²) < 4.78 is 2.11. The van der Waals surface area contributed by atoms with Crippen molar-refractivity contribution in [3.8, 4) is 0 Å². The molecule has 0 saturated heterocycles. The minimum atomic E-state index is -0.0851. The molecule has 3 aromatic rings. The Balaban J connectivity index is 1.54. The largest absolute Gasteiger partial charge is 0.352 e. The first-order chi connectivity index (χ1) is 10.8. The summed E-state index contributed by atoms with van der Waals surface area (Å²) in [5.74, 6) is 0.954. The number of carbonyl (C=O) groups is 1. The van der Waals surface area contributed by atoms with E-state index in [4.69, 9.17) is 0 Å². The number of amides is 1. The van der Waals surface area contributed by atoms with Crippen molar-refractivity contribution in [1.82, 2.24) is 19.9 Å². The van der Waals surface area contributed by atoms with E-state index in [2.05, 4.69) is 25.9 Å². The smallest absolute Gasteiger partial charge is 0.252 e. The number of aryl methyl sites for hydroxylation is 2. The molecule has 5 heteroatoms. The van der Waals surface area contributed by atoms with Gasteiger partial charge in [0.15, 0.2) is 0 Å². The first-order valence-electron chi connectivity index (χ1n) is 7.34. The Morgan fingerprint density at radius 2 is 2.09 bits per heavy atom. The highest BCUT2D eigenvalue weighted by atomic mass is 16.1. The summed E-state index contributed by atoms with van der Waals surface area (Å²) >= 11 is 0. The van der Waals surface area contributed by atoms with Crippen molar-refractivity contribution in [3.05, 3.63) is 60.2 Å². The van der Waals surface area contributed by atoms with Crippen LogP contribution >= 0.6 is 0 Å². The van der Waals surface area contributed by atoms with Crippen LogP contribution in [0, 0.1) is 0 Å². The number of hydrogen-bond acceptors (Lipinski definition) is 3. The number of para-hydroxylation sites is 2. The predicted octanol–water partition coefficient (Wildman–Crippen LogP) is 2.33. The quantitative estimate of drug-likeness (QED) is 0.735. The number of pyridine rings is 1. The molecule has 1 amide bonds. The average molecular weight is 294 g/mol. The van der Waals surface area contributed by atoms with Crippen LogP contribution in [0.2, 0.25) is 0 Å². The van der Waals surface area contributed by atoms with Crippen LogP contribution in [0.1, 0.15) is 22.6 Å². The fourth-order valence-corrected chi connectivity index (χ4v) is 2.47. The summed E-state index contributed by atoms with van der Waals surface area (Å²) in [5, 5.41) is 2.91. The minimum Gasteiger partial charge on any atom is -0.352 e. The highest BCUT2D eigenvalue weighted by Gasteiger charge is 2.07. The fraction of sp³-hybridized carbons (Fsp3) is 0.235. The molecule has 0 aliphatic rings. The third-order valence-electron chi connectivity index (χ3n) is 3.67. The van der Waals surface area contributed by atoms with E-state index in [0.717, 1.165) is 29.7 Å². The van der Waals surface area contributed by atoms with E-state index in [1.54, 1.807) is 24.5 Å². The lowest BCUT2D eigenvalue weighted by Gasteiger charge is -2.05. The van der Waals surface area contributed by atoms with E-state index in [0.29, 0.717) is 12.1 Å². The van der Waals surface area contributed by atoms with Crippen LogP contribution in [0.25, 0.3) is 11.0 Å². The molecule has 1 aromatic carbocycles. The lowest BCUT2D eigenvalue weighted by molar-refractivity contribution is 0.0953. The zero-order valence-electron chi connectivity index (χ0n) is 12.5. The topological polar surface area (TPSA) is 59.8 Å². The lowest BCUT2D eigenvalue weighted by Crippen LogP contribution is -2.25. The van der Waals surface area contributed by atoms with E-state index in [1.165, 1.54) is 0 Å². The van der Waals surface area contributed by atoms with Gasteiger partial charge in [-0.2, -0.15) is 0 Å². The molecule has 0 spiro atoms. The zero-order chi connectivity index (χ0) is 15.4. The lowest BCUT2D eigenvalue weighted by atomic mass is 10.2. The minimum absolute atomic E-state index is 0.0851. The summed E-state index contributed by atoms with van der Waals surface area (Å²) in [6, 6.07) is 11.6. The van der Waals surface area contributed by atoms with Gasteiger partial charge in [-0.15, -0.1) is 0 Å². The van der Waals surface area contributed by atoms with Crippen molar-refractivity contribution in [3.63, 3.8) is 0 Å². The van der Waals surface area contributed by atoms with Crippen LogP contribution in [0.5, 0.6) is 0 Å². The maximum Gasteiger partial charge on any atom is 0.252 e. The molecule has 1 N–H and O–H groups in total. The molecular formula is C17H18N4O. The predicted molar refractivity (Wildman–Crippen MR) is 85.6 cm³/mol. The molecule has 22 heavy (non-hydrogen) atoms. The number of carbonyl (C=O) groups excluding carboxylic acids is 1. The van der Waals surface area contributed by atoms with E-state index in [-0.39, 0.29) is 5.91 Å². The molecular weight excluding hydrogens is 276 g/mol. The normalized spacial score (nSPS) is 10.8. The average Bonchev–Trinajstić information content (AvgIpc) is 2.89. The van der Waals surface area contributed by atoms with Crippen LogP contribution in [-0.4, -0.2) is 27.0 Å². The standard InChI is InChI=1S/C17H18N4O/c1-21-15-8-3-2-7-14(15)20-16(21)9-5-11-19-17(22)13-6-4-10-18-12-13/h2-4,6-8,10,12H,5,9,11H2,1H3,(H,19,22). The third kappa shape index (κ3) is 2.98. The Labute approximate surface area is 129 Å². The van der Waals surface area contributed by atoms with Gasteiger partial charge < -0.3 is 9.88 Å². The van der Waals surface area contributed by atoms with Gasteiger partial charge in [0.05, 0.1) is 16.6 Å². The molecule has 0 atom stereocenters. The molecule has 112 valence electrons. The molecule has 5 nitrogen and oxygen atoms in total. The molecule has 2 aromatic heterocycles. The number of aromatic nitrogens is 3. The van der Waals surface area contributed by atoms with Gasteiger partial charge >= 0.3 is 0 Å².